The van der Waals surface area contributed by atoms with Crippen LogP contribution in [0, 0.1) is 5.92 Å². The average molecular weight is 563 g/mol. The van der Waals surface area contributed by atoms with Crippen LogP contribution < -0.4 is 10.6 Å². The zero-order chi connectivity index (χ0) is 29.3. The molecule has 0 radical (unpaired) electrons. The van der Waals surface area contributed by atoms with E-state index in [0.717, 1.165) is 25.7 Å². The van der Waals surface area contributed by atoms with Crippen LogP contribution in [-0.4, -0.2) is 69.7 Å². The highest BCUT2D eigenvalue weighted by Gasteiger charge is 2.28. The van der Waals surface area contributed by atoms with Crippen LogP contribution in [0.5, 0.6) is 0 Å². The summed E-state index contributed by atoms with van der Waals surface area (Å²) in [4.78, 5) is 41.0. The first-order valence-corrected chi connectivity index (χ1v) is 15.4. The van der Waals surface area contributed by atoms with Crippen molar-refractivity contribution in [3.8, 4) is 0 Å². The van der Waals surface area contributed by atoms with Crippen LogP contribution in [0.1, 0.15) is 76.3 Å². The second kappa shape index (κ2) is 18.3. The lowest BCUT2D eigenvalue weighted by Gasteiger charge is -2.26. The van der Waals surface area contributed by atoms with Gasteiger partial charge < -0.3 is 19.8 Å². The van der Waals surface area contributed by atoms with Gasteiger partial charge in [0.15, 0.2) is 5.76 Å². The maximum atomic E-state index is 13.3. The number of furan rings is 1. The summed E-state index contributed by atoms with van der Waals surface area (Å²) in [6, 6.07) is 2.34. The van der Waals surface area contributed by atoms with Gasteiger partial charge in [-0.05, 0) is 56.2 Å². The third-order valence-corrected chi connectivity index (χ3v) is 8.60. The molecule has 1 aromatic heterocycles. The maximum Gasteiger partial charge on any atom is 0.287 e. The summed E-state index contributed by atoms with van der Waals surface area (Å²) in [5.41, 5.74) is 0. The molecule has 0 bridgehead atoms. The van der Waals surface area contributed by atoms with E-state index in [1.807, 2.05) is 20.8 Å². The number of rotatable bonds is 15. The number of allylic oxidation sites excluding steroid dienone is 2. The van der Waals surface area contributed by atoms with Crippen LogP contribution >= 0.6 is 0 Å². The van der Waals surface area contributed by atoms with E-state index >= 15 is 0 Å². The minimum atomic E-state index is -2.96. The Balaban J connectivity index is 0.00000371. The van der Waals surface area contributed by atoms with Gasteiger partial charge in [-0.15, -0.1) is 0 Å². The quantitative estimate of drug-likeness (QED) is 0.109. The van der Waals surface area contributed by atoms with Crippen LogP contribution in [-0.2, 0) is 19.3 Å². The number of hydrogen-bond donors (Lipinski definition) is 2. The first-order valence-electron chi connectivity index (χ1n) is 13.7. The first kappa shape index (κ1) is 34.0. The second-order valence-corrected chi connectivity index (χ2v) is 11.5. The molecule has 1 aliphatic carbocycles. The molecule has 218 valence electrons. The number of amides is 2. The Labute approximate surface area is 234 Å². The lowest BCUT2D eigenvalue weighted by Crippen LogP contribution is -2.49. The third-order valence-electron chi connectivity index (χ3n) is 6.46. The molecular weight excluding hydrogens is 516 g/mol. The maximum absolute atomic E-state index is 13.3. The Hall–Kier alpha value is -2.98. The summed E-state index contributed by atoms with van der Waals surface area (Å²) in [6.45, 7) is 9.78. The topological polar surface area (TPSA) is 121 Å². The highest BCUT2D eigenvalue weighted by Crippen LogP contribution is 2.28. The van der Waals surface area contributed by atoms with E-state index in [9.17, 15) is 18.6 Å². The van der Waals surface area contributed by atoms with Gasteiger partial charge >= 0.3 is 0 Å². The molecular formula is C29H46N4O5S. The molecule has 10 heteroatoms. The largest absolute Gasteiger partial charge is 0.459 e. The van der Waals surface area contributed by atoms with Crippen LogP contribution in [0.4, 0.5) is 0 Å². The van der Waals surface area contributed by atoms with Crippen molar-refractivity contribution in [3.05, 3.63) is 49.0 Å². The SMILES string of the molecule is C=C/C=C\C(=NC)S(=C)(=O)N(CC=O)CCCC(C)NC(=O)C(CC1CCCC1)NC(=O)c1ccco1.CC. The Bertz CT molecular complexity index is 1060. The smallest absolute Gasteiger partial charge is 0.287 e. The van der Waals surface area contributed by atoms with Crippen LogP contribution in [0.2, 0.25) is 0 Å². The van der Waals surface area contributed by atoms with Crippen molar-refractivity contribution in [2.45, 2.75) is 77.8 Å². The Morgan fingerprint density at radius 1 is 1.28 bits per heavy atom. The van der Waals surface area contributed by atoms with Crippen LogP contribution in [0.15, 0.2) is 52.6 Å². The molecule has 3 atom stereocenters. The molecule has 0 aromatic carbocycles. The average Bonchev–Trinajstić information content (AvgIpc) is 3.64. The number of aldehydes is 1. The molecule has 2 N–H and O–H groups in total. The zero-order valence-electron chi connectivity index (χ0n) is 23.9. The fourth-order valence-corrected chi connectivity index (χ4v) is 6.05. The summed E-state index contributed by atoms with van der Waals surface area (Å²) in [5, 5.41) is 6.11. The Morgan fingerprint density at radius 3 is 2.54 bits per heavy atom. The fourth-order valence-electron chi connectivity index (χ4n) is 4.49. The standard InChI is InChI=1S/C27H40N4O5S.C2H6/c1-5-6-15-25(28-3)37(4,35)31(17-18-32)16-9-11-21(2)29-26(33)23(20-22-12-7-8-13-22)30-27(34)24-14-10-19-36-24;1-2/h5-6,10,14-15,18-19,21-23H,1,4,7-9,11-13,16-17,20H2,2-3H3,(H,29,33)(H,30,34);1-2H3/b15-6-,28-25?;. The minimum absolute atomic E-state index is 0.0493. The molecule has 1 aliphatic rings. The molecule has 3 unspecified atom stereocenters. The van der Waals surface area contributed by atoms with Crippen molar-refractivity contribution in [2.75, 3.05) is 20.1 Å². The van der Waals surface area contributed by atoms with E-state index in [4.69, 9.17) is 4.42 Å². The zero-order valence-corrected chi connectivity index (χ0v) is 24.7. The summed E-state index contributed by atoms with van der Waals surface area (Å²) in [5.74, 6) is 3.76. The van der Waals surface area contributed by atoms with Crippen LogP contribution in [0.25, 0.3) is 0 Å². The van der Waals surface area contributed by atoms with Gasteiger partial charge in [-0.3, -0.25) is 14.6 Å². The number of carbonyl (C=O) groups is 3. The van der Waals surface area contributed by atoms with Crippen molar-refractivity contribution < 1.29 is 23.0 Å². The van der Waals surface area contributed by atoms with E-state index < -0.39 is 21.7 Å². The fraction of sp³-hybridized carbons (Fsp3) is 0.552. The van der Waals surface area contributed by atoms with Gasteiger partial charge in [0.2, 0.25) is 5.91 Å². The van der Waals surface area contributed by atoms with Gasteiger partial charge in [0.1, 0.15) is 17.4 Å². The second-order valence-electron chi connectivity index (χ2n) is 9.29. The highest BCUT2D eigenvalue weighted by atomic mass is 32.2. The third kappa shape index (κ3) is 11.3. The van der Waals surface area contributed by atoms with E-state index in [2.05, 4.69) is 28.1 Å². The molecule has 1 saturated carbocycles. The predicted molar refractivity (Wildman–Crippen MR) is 160 cm³/mol. The minimum Gasteiger partial charge on any atom is -0.459 e. The van der Waals surface area contributed by atoms with Crippen LogP contribution in [0.3, 0.4) is 0 Å². The molecule has 39 heavy (non-hydrogen) atoms. The molecule has 2 rings (SSSR count). The molecule has 1 fully saturated rings. The summed E-state index contributed by atoms with van der Waals surface area (Å²) in [7, 11) is -1.43. The van der Waals surface area contributed by atoms with Crippen molar-refractivity contribution >= 4 is 38.7 Å². The lowest BCUT2D eigenvalue weighted by molar-refractivity contribution is -0.124. The summed E-state index contributed by atoms with van der Waals surface area (Å²) in [6.07, 6.45) is 13.0. The summed E-state index contributed by atoms with van der Waals surface area (Å²) < 4.78 is 20.0. The molecule has 0 saturated heterocycles. The molecule has 0 aliphatic heterocycles. The highest BCUT2D eigenvalue weighted by molar-refractivity contribution is 8.12. The van der Waals surface area contributed by atoms with Gasteiger partial charge in [0.25, 0.3) is 5.91 Å². The van der Waals surface area contributed by atoms with Gasteiger partial charge in [-0.1, -0.05) is 58.3 Å². The molecule has 2 amide bonds. The van der Waals surface area contributed by atoms with E-state index in [1.165, 1.54) is 17.6 Å². The number of nitrogens with one attached hydrogen (secondary N) is 2. The van der Waals surface area contributed by atoms with Gasteiger partial charge in [-0.2, -0.15) is 0 Å². The first-order chi connectivity index (χ1) is 18.7. The predicted octanol–water partition coefficient (Wildman–Crippen LogP) is 4.17. The molecule has 1 aromatic rings. The normalized spacial score (nSPS) is 17.1. The Kier molecular flexibility index (Phi) is 16.0. The molecule has 0 spiro atoms. The van der Waals surface area contributed by atoms with Crippen molar-refractivity contribution in [3.63, 3.8) is 0 Å². The Morgan fingerprint density at radius 2 is 1.97 bits per heavy atom. The number of hydrogen-bond acceptors (Lipinski definition) is 6. The number of aliphatic imine (C=N–C) groups is 1. The van der Waals surface area contributed by atoms with Crippen molar-refractivity contribution in [1.82, 2.24) is 14.9 Å². The number of nitrogens with zero attached hydrogens (tertiary/aromatic N) is 2. The van der Waals surface area contributed by atoms with E-state index in [1.54, 1.807) is 30.4 Å². The lowest BCUT2D eigenvalue weighted by atomic mass is 9.97. The van der Waals surface area contributed by atoms with Crippen molar-refractivity contribution in [2.24, 2.45) is 10.9 Å². The van der Waals surface area contributed by atoms with Crippen molar-refractivity contribution in [1.29, 1.82) is 0 Å². The van der Waals surface area contributed by atoms with Gasteiger partial charge in [0.05, 0.1) is 22.5 Å². The van der Waals surface area contributed by atoms with E-state index in [0.29, 0.717) is 38.0 Å². The molecule has 9 nitrogen and oxygen atoms in total. The van der Waals surface area contributed by atoms with E-state index in [-0.39, 0.29) is 29.3 Å². The summed E-state index contributed by atoms with van der Waals surface area (Å²) >= 11 is 0. The molecule has 1 heterocycles. The monoisotopic (exact) mass is 562 g/mol. The number of carbonyl (C=O) groups excluding carboxylic acids is 3. The van der Waals surface area contributed by atoms with Gasteiger partial charge in [0, 0.05) is 19.6 Å². The van der Waals surface area contributed by atoms with Gasteiger partial charge in [-0.25, -0.2) is 8.51 Å².